The van der Waals surface area contributed by atoms with Crippen molar-refractivity contribution >= 4 is 81.2 Å². The van der Waals surface area contributed by atoms with E-state index >= 15 is 0 Å². The third-order valence-corrected chi connectivity index (χ3v) is 13.0. The number of carbonyl (C=O) groups excluding carboxylic acids is 2. The number of nitrogens with one attached hydrogen (secondary N) is 6. The van der Waals surface area contributed by atoms with Crippen molar-refractivity contribution in [2.45, 2.75) is 27.7 Å². The predicted octanol–water partition coefficient (Wildman–Crippen LogP) is 15.8. The highest BCUT2D eigenvalue weighted by Gasteiger charge is 2.21. The molecule has 72 heavy (non-hydrogen) atoms. The lowest BCUT2D eigenvalue weighted by Gasteiger charge is -2.13. The van der Waals surface area contributed by atoms with Crippen LogP contribution in [-0.4, -0.2) is 32.0 Å². The fourth-order valence-corrected chi connectivity index (χ4v) is 9.30. The molecule has 0 atom stereocenters. The van der Waals surface area contributed by atoms with Gasteiger partial charge in [0.25, 0.3) is 0 Å². The Bertz CT molecular complexity index is 3570. The number of carbonyl (C=O) groups is 2. The number of amides is 4. The SMILES string of the molecule is Cc1ccc(-c2c3nc(c(-c4ccc(C)cc4)c4ccc([nH]4)c(-c4ccc(C)c(NC(=O)Nc5ccccc5)c4)c4nc(c(-c5ccc(C)c(NC(=O)Nc6ccccc6)c5)c5ccc2[nH]5)C=C4)C=C3)cc1. The molecular formula is C62H50N8O2. The number of aromatic amines is 2. The summed E-state index contributed by atoms with van der Waals surface area (Å²) in [6.45, 7) is 8.14. The molecule has 350 valence electrons. The largest absolute Gasteiger partial charge is 0.354 e. The number of nitrogens with zero attached hydrogens (tertiary/aromatic N) is 2. The van der Waals surface area contributed by atoms with Crippen molar-refractivity contribution in [1.82, 2.24) is 19.9 Å². The monoisotopic (exact) mass is 938 g/mol. The minimum atomic E-state index is -0.351. The van der Waals surface area contributed by atoms with E-state index < -0.39 is 0 Å². The Morgan fingerprint density at radius 2 is 0.681 bits per heavy atom. The third-order valence-electron chi connectivity index (χ3n) is 13.0. The van der Waals surface area contributed by atoms with Crippen LogP contribution in [0.25, 0.3) is 90.9 Å². The minimum absolute atomic E-state index is 0.351. The van der Waals surface area contributed by atoms with Gasteiger partial charge in [-0.2, -0.15) is 0 Å². The quantitative estimate of drug-likeness (QED) is 0.0903. The number of anilines is 4. The lowest BCUT2D eigenvalue weighted by atomic mass is 10.0. The van der Waals surface area contributed by atoms with Crippen molar-refractivity contribution in [2.24, 2.45) is 0 Å². The van der Waals surface area contributed by atoms with Crippen LogP contribution in [0, 0.1) is 27.7 Å². The number of benzene rings is 6. The molecule has 11 rings (SSSR count). The van der Waals surface area contributed by atoms with Gasteiger partial charge in [-0.05, 0) is 146 Å². The lowest BCUT2D eigenvalue weighted by Crippen LogP contribution is -2.19. The summed E-state index contributed by atoms with van der Waals surface area (Å²) in [7, 11) is 0. The van der Waals surface area contributed by atoms with Crippen molar-refractivity contribution in [1.29, 1.82) is 0 Å². The molecule has 0 unspecified atom stereocenters. The molecule has 10 heteroatoms. The first kappa shape index (κ1) is 44.9. The number of hydrogen-bond acceptors (Lipinski definition) is 4. The highest BCUT2D eigenvalue weighted by Crippen LogP contribution is 2.40. The first-order valence-electron chi connectivity index (χ1n) is 23.9. The van der Waals surface area contributed by atoms with Crippen LogP contribution in [0.5, 0.6) is 0 Å². The van der Waals surface area contributed by atoms with E-state index in [4.69, 9.17) is 9.97 Å². The van der Waals surface area contributed by atoms with Crippen LogP contribution in [0.15, 0.2) is 170 Å². The van der Waals surface area contributed by atoms with Crippen LogP contribution < -0.4 is 21.3 Å². The molecule has 2 aliphatic rings. The van der Waals surface area contributed by atoms with Gasteiger partial charge >= 0.3 is 12.1 Å². The zero-order chi connectivity index (χ0) is 49.3. The summed E-state index contributed by atoms with van der Waals surface area (Å²) in [5.41, 5.74) is 20.5. The van der Waals surface area contributed by atoms with E-state index in [0.29, 0.717) is 34.1 Å². The van der Waals surface area contributed by atoms with Crippen LogP contribution in [0.1, 0.15) is 45.0 Å². The Morgan fingerprint density at radius 3 is 1.03 bits per heavy atom. The fraction of sp³-hybridized carbons (Fsp3) is 0.0645. The molecular weight excluding hydrogens is 889 g/mol. The highest BCUT2D eigenvalue weighted by molar-refractivity contribution is 6.04. The summed E-state index contributed by atoms with van der Waals surface area (Å²) < 4.78 is 0. The van der Waals surface area contributed by atoms with Gasteiger partial charge in [-0.3, -0.25) is 0 Å². The summed E-state index contributed by atoms with van der Waals surface area (Å²) in [5.74, 6) is 0. The van der Waals surface area contributed by atoms with Crippen LogP contribution >= 0.6 is 0 Å². The normalized spacial score (nSPS) is 11.6. The van der Waals surface area contributed by atoms with Crippen LogP contribution in [-0.2, 0) is 0 Å². The number of H-pyrrole nitrogens is 2. The topological polar surface area (TPSA) is 140 Å². The molecule has 0 fully saturated rings. The van der Waals surface area contributed by atoms with E-state index in [1.807, 2.05) is 111 Å². The Morgan fingerprint density at radius 1 is 0.361 bits per heavy atom. The molecule has 8 bridgehead atoms. The fourth-order valence-electron chi connectivity index (χ4n) is 9.30. The molecule has 6 N–H and O–H groups in total. The zero-order valence-electron chi connectivity index (χ0n) is 40.2. The molecule has 2 aliphatic heterocycles. The minimum Gasteiger partial charge on any atom is -0.354 e. The maximum Gasteiger partial charge on any atom is 0.323 e. The summed E-state index contributed by atoms with van der Waals surface area (Å²) in [5, 5.41) is 12.1. The molecule has 0 aliphatic carbocycles. The van der Waals surface area contributed by atoms with Gasteiger partial charge in [0, 0.05) is 67.1 Å². The van der Waals surface area contributed by atoms with Crippen molar-refractivity contribution in [3.8, 4) is 44.5 Å². The average Bonchev–Trinajstić information content (AvgIpc) is 4.24. The van der Waals surface area contributed by atoms with Crippen molar-refractivity contribution in [3.05, 3.63) is 215 Å². The highest BCUT2D eigenvalue weighted by atomic mass is 16.2. The van der Waals surface area contributed by atoms with Crippen LogP contribution in [0.4, 0.5) is 32.3 Å². The number of aryl methyl sites for hydroxylation is 4. The number of fused-ring (bicyclic) bond motifs is 8. The molecule has 10 nitrogen and oxygen atoms in total. The molecule has 0 radical (unpaired) electrons. The Kier molecular flexibility index (Phi) is 11.9. The standard InChI is InChI=1S/C62H50N8O2/c1-37-15-21-41(22-16-37)57-47-27-28-48(65-47)58(42-23-17-38(2)18-24-42)50-30-32-52(67-50)60(44-26-20-40(4)56(36-44)70-62(72)64-46-13-9-6-10-14-46)54-34-33-53(68-54)59(51-31-29-49(57)66-51)43-25-19-39(3)55(35-43)69-61(71)63-45-11-7-5-8-12-45/h5-36,66-67H,1-4H3,(H2,63,69,71)(H2,64,70,72). The number of rotatable bonds is 8. The van der Waals surface area contributed by atoms with Gasteiger partial charge in [-0.25, -0.2) is 19.6 Å². The van der Waals surface area contributed by atoms with E-state index in [-0.39, 0.29) is 12.1 Å². The van der Waals surface area contributed by atoms with E-state index in [1.54, 1.807) is 0 Å². The Balaban J connectivity index is 1.18. The zero-order valence-corrected chi connectivity index (χ0v) is 40.2. The van der Waals surface area contributed by atoms with E-state index in [9.17, 15) is 9.59 Å². The third kappa shape index (κ3) is 9.20. The summed E-state index contributed by atoms with van der Waals surface area (Å²) >= 11 is 0. The van der Waals surface area contributed by atoms with Crippen LogP contribution in [0.3, 0.4) is 0 Å². The van der Waals surface area contributed by atoms with E-state index in [0.717, 1.165) is 100 Å². The number of hydrogen-bond donors (Lipinski definition) is 6. The second-order valence-electron chi connectivity index (χ2n) is 18.2. The van der Waals surface area contributed by atoms with Gasteiger partial charge in [-0.15, -0.1) is 0 Å². The van der Waals surface area contributed by atoms with Gasteiger partial charge in [0.15, 0.2) is 0 Å². The van der Waals surface area contributed by atoms with Crippen LogP contribution in [0.2, 0.25) is 0 Å². The molecule has 0 spiro atoms. The van der Waals surface area contributed by atoms with E-state index in [2.05, 4.69) is 142 Å². The summed E-state index contributed by atoms with van der Waals surface area (Å²) in [4.78, 5) is 45.6. The average molecular weight is 939 g/mol. The van der Waals surface area contributed by atoms with Crippen molar-refractivity contribution in [2.75, 3.05) is 21.3 Å². The molecule has 6 aromatic carbocycles. The molecule has 5 heterocycles. The van der Waals surface area contributed by atoms with Crippen molar-refractivity contribution < 1.29 is 9.59 Å². The van der Waals surface area contributed by atoms with Gasteiger partial charge in [-0.1, -0.05) is 120 Å². The van der Waals surface area contributed by atoms with Gasteiger partial charge in [0.1, 0.15) is 0 Å². The smallest absolute Gasteiger partial charge is 0.323 e. The molecule has 0 saturated carbocycles. The van der Waals surface area contributed by atoms with Gasteiger partial charge < -0.3 is 31.2 Å². The van der Waals surface area contributed by atoms with Crippen molar-refractivity contribution in [3.63, 3.8) is 0 Å². The Hall–Kier alpha value is -9.54. The second-order valence-corrected chi connectivity index (χ2v) is 18.2. The molecule has 9 aromatic rings. The Labute approximate surface area is 417 Å². The molecule has 4 amide bonds. The summed E-state index contributed by atoms with van der Waals surface area (Å²) in [6.07, 6.45) is 8.28. The second kappa shape index (κ2) is 19.1. The maximum atomic E-state index is 13.5. The molecule has 3 aromatic heterocycles. The first-order chi connectivity index (χ1) is 35.1. The van der Waals surface area contributed by atoms with E-state index in [1.165, 1.54) is 0 Å². The molecule has 0 saturated heterocycles. The predicted molar refractivity (Wildman–Crippen MR) is 298 cm³/mol. The number of aromatic nitrogens is 4. The lowest BCUT2D eigenvalue weighted by molar-refractivity contribution is 0.261. The van der Waals surface area contributed by atoms with Gasteiger partial charge in [0.2, 0.25) is 0 Å². The number of urea groups is 2. The first-order valence-corrected chi connectivity index (χ1v) is 23.9. The maximum absolute atomic E-state index is 13.5. The number of para-hydroxylation sites is 2. The summed E-state index contributed by atoms with van der Waals surface area (Å²) in [6, 6.07) is 55.7. The van der Waals surface area contributed by atoms with Gasteiger partial charge in [0.05, 0.1) is 22.8 Å².